The summed E-state index contributed by atoms with van der Waals surface area (Å²) in [5, 5.41) is -15.8. The number of hydrogen-bond acceptors (Lipinski definition) is 0. The lowest BCUT2D eigenvalue weighted by atomic mass is 9.11. The summed E-state index contributed by atoms with van der Waals surface area (Å²) in [5.41, 5.74) is -10.2. The Hall–Kier alpha value is -7.64. The van der Waals surface area contributed by atoms with Crippen LogP contribution in [0, 0.1) is 128 Å². The molecule has 0 fully saturated rings. The average molecular weight is 1060 g/mol. The number of halogens is 24. The van der Waals surface area contributed by atoms with E-state index < -0.39 is 211 Å². The molecule has 0 unspecified atom stereocenters. The van der Waals surface area contributed by atoms with Gasteiger partial charge in [0.15, 0.2) is 105 Å². The van der Waals surface area contributed by atoms with Crippen molar-refractivity contribution in [3.8, 4) is 0 Å². The third-order valence-corrected chi connectivity index (χ3v) is 11.9. The van der Waals surface area contributed by atoms with Crippen molar-refractivity contribution in [2.24, 2.45) is 0 Å². The summed E-state index contributed by atoms with van der Waals surface area (Å²) in [4.78, 5) is 0. The number of quaternary nitrogens is 1. The van der Waals surface area contributed by atoms with E-state index in [0.717, 1.165) is 12.1 Å². The van der Waals surface area contributed by atoms with Crippen LogP contribution in [0.1, 0.15) is 0 Å². The van der Waals surface area contributed by atoms with E-state index in [4.69, 9.17) is 0 Å². The third-order valence-electron chi connectivity index (χ3n) is 11.9. The lowest BCUT2D eigenvalue weighted by molar-refractivity contribution is -0.668. The highest BCUT2D eigenvalue weighted by molar-refractivity contribution is 7.23. The molecule has 0 atom stereocenters. The van der Waals surface area contributed by atoms with Crippen LogP contribution in [0.2, 0.25) is 0 Å². The molecule has 9 aromatic carbocycles. The Morgan fingerprint density at radius 2 is 0.507 bits per heavy atom. The highest BCUT2D eigenvalue weighted by Crippen LogP contribution is 2.38. The highest BCUT2D eigenvalue weighted by Gasteiger charge is 2.49. The fourth-order valence-corrected chi connectivity index (χ4v) is 9.07. The SMILES string of the molecule is Fc1ccc2c([B-](c3c(F)c(F)c(F)c4c(F)c(F)ccc34)(c3c(F)c(F)c(F)c4c(F)c(F)ccc34)c3c(F)c(F)c(F)c4c(F)c(F)ccc34)c(F)c(F)c(F)c2c1F.Fc1cccc([NH2+]C(F)F)c1F. The van der Waals surface area contributed by atoms with E-state index >= 15 is 70.2 Å². The molecule has 0 bridgehead atoms. The standard InChI is InChI=1S/C40H8BF20.C7H5F4N/c42-13-5-1-9-17(25(13)46)29(50)37(58)33(54)21(9)41(22-10-2-6-14(43)26(47)18(10)30(51)38(59)34(22)55,23-11-3-7-15(44)27(48)19(11)31(52)39(60)35(23)56)24-12-4-8-16(45)28(49)20(12)32(53)40(61)36(24)57;8-4-2-1-3-5(6(4)9)12-7(10)11/h1-8H;1-3,7,12H/q-1;/p+1. The molecule has 9 aromatic rings. The van der Waals surface area contributed by atoms with Crippen LogP contribution < -0.4 is 27.2 Å². The minimum atomic E-state index is -6.29. The molecule has 0 aliphatic rings. The number of hydrogen-bond donors (Lipinski definition) is 1. The Labute approximate surface area is 388 Å². The van der Waals surface area contributed by atoms with Crippen LogP contribution in [-0.2, 0) is 0 Å². The van der Waals surface area contributed by atoms with Crippen molar-refractivity contribution in [3.05, 3.63) is 195 Å². The van der Waals surface area contributed by atoms with Gasteiger partial charge in [0.1, 0.15) is 29.4 Å². The summed E-state index contributed by atoms with van der Waals surface area (Å²) in [5.74, 6) is -57.2. The van der Waals surface area contributed by atoms with Gasteiger partial charge in [-0.1, -0.05) is 30.3 Å². The van der Waals surface area contributed by atoms with Gasteiger partial charge in [-0.15, -0.1) is 21.9 Å². The van der Waals surface area contributed by atoms with Crippen LogP contribution in [-0.4, -0.2) is 12.7 Å². The molecule has 0 saturated heterocycles. The minimum Gasteiger partial charge on any atom is -0.253 e. The first-order valence-corrected chi connectivity index (χ1v) is 19.8. The van der Waals surface area contributed by atoms with Crippen LogP contribution >= 0.6 is 0 Å². The van der Waals surface area contributed by atoms with E-state index in [1.165, 1.54) is 6.07 Å². The molecule has 0 radical (unpaired) electrons. The van der Waals surface area contributed by atoms with E-state index in [1.807, 2.05) is 0 Å². The Bertz CT molecular complexity index is 3420. The van der Waals surface area contributed by atoms with Gasteiger partial charge in [0.05, 0.1) is 21.5 Å². The third kappa shape index (κ3) is 7.53. The number of alkyl halides is 2. The van der Waals surface area contributed by atoms with Crippen molar-refractivity contribution in [1.29, 1.82) is 0 Å². The monoisotopic (exact) mass is 1060 g/mol. The molecule has 1 nitrogen and oxygen atoms in total. The minimum absolute atomic E-state index is 0.0220. The maximum Gasteiger partial charge on any atom is 0.382 e. The van der Waals surface area contributed by atoms with Gasteiger partial charge in [0.2, 0.25) is 5.82 Å². The van der Waals surface area contributed by atoms with Crippen LogP contribution in [0.4, 0.5) is 111 Å². The van der Waals surface area contributed by atoms with Gasteiger partial charge in [0.25, 0.3) is 0 Å². The zero-order valence-corrected chi connectivity index (χ0v) is 34.7. The van der Waals surface area contributed by atoms with E-state index in [0.29, 0.717) is 5.32 Å². The number of benzene rings is 9. The topological polar surface area (TPSA) is 16.6 Å². The Kier molecular flexibility index (Phi) is 13.1. The first-order chi connectivity index (χ1) is 34.2. The fraction of sp³-hybridized carbons (Fsp3) is 0.0213. The smallest absolute Gasteiger partial charge is 0.253 e. The van der Waals surface area contributed by atoms with Crippen molar-refractivity contribution in [2.45, 2.75) is 6.55 Å². The molecule has 378 valence electrons. The van der Waals surface area contributed by atoms with Gasteiger partial charge in [-0.05, 0) is 51.9 Å². The second kappa shape index (κ2) is 18.4. The van der Waals surface area contributed by atoms with Crippen LogP contribution in [0.15, 0.2) is 66.7 Å². The predicted octanol–water partition coefficient (Wildman–Crippen LogP) is 11.8. The van der Waals surface area contributed by atoms with Crippen molar-refractivity contribution < 1.29 is 111 Å². The van der Waals surface area contributed by atoms with Crippen molar-refractivity contribution >= 4 is 76.8 Å². The molecule has 0 amide bonds. The molecular formula is C47H14BF24N. The van der Waals surface area contributed by atoms with Crippen LogP contribution in [0.5, 0.6) is 0 Å². The lowest BCUT2D eigenvalue weighted by Crippen LogP contribution is -2.82. The van der Waals surface area contributed by atoms with Gasteiger partial charge in [0, 0.05) is 6.07 Å². The summed E-state index contributed by atoms with van der Waals surface area (Å²) >= 11 is 0. The van der Waals surface area contributed by atoms with E-state index in [9.17, 15) is 35.1 Å². The molecule has 9 rings (SSSR count). The van der Waals surface area contributed by atoms with Gasteiger partial charge in [-0.25, -0.2) is 92.2 Å². The summed E-state index contributed by atoms with van der Waals surface area (Å²) in [7, 11) is 0. The van der Waals surface area contributed by atoms with Crippen molar-refractivity contribution in [2.75, 3.05) is 0 Å². The molecule has 0 aromatic heterocycles. The maximum atomic E-state index is 17.3. The Balaban J connectivity index is 0.000000521. The highest BCUT2D eigenvalue weighted by atomic mass is 19.3. The Morgan fingerprint density at radius 1 is 0.260 bits per heavy atom. The molecule has 0 heterocycles. The predicted molar refractivity (Wildman–Crippen MR) is 213 cm³/mol. The largest absolute Gasteiger partial charge is 0.382 e. The molecule has 0 aliphatic carbocycles. The second-order valence-corrected chi connectivity index (χ2v) is 15.6. The van der Waals surface area contributed by atoms with E-state index in [1.54, 1.807) is 0 Å². The van der Waals surface area contributed by atoms with Gasteiger partial charge >= 0.3 is 6.55 Å². The first kappa shape index (κ1) is 51.7. The van der Waals surface area contributed by atoms with Gasteiger partial charge in [-0.3, -0.25) is 5.32 Å². The van der Waals surface area contributed by atoms with Crippen LogP contribution in [0.25, 0.3) is 43.1 Å². The Morgan fingerprint density at radius 3 is 0.753 bits per heavy atom. The second-order valence-electron chi connectivity index (χ2n) is 15.6. The summed E-state index contributed by atoms with van der Waals surface area (Å²) in [6.45, 7) is -2.78. The summed E-state index contributed by atoms with van der Waals surface area (Å²) in [6, 6.07) is 2.65. The van der Waals surface area contributed by atoms with E-state index in [-0.39, 0.29) is 48.5 Å². The molecule has 73 heavy (non-hydrogen) atoms. The molecule has 26 heteroatoms. The molecular weight excluding hydrogens is 1050 g/mol. The zero-order chi connectivity index (χ0) is 53.8. The van der Waals surface area contributed by atoms with Gasteiger partial charge < -0.3 is 0 Å². The number of fused-ring (bicyclic) bond motifs is 4. The molecule has 0 aliphatic heterocycles. The first-order valence-electron chi connectivity index (χ1n) is 19.8. The van der Waals surface area contributed by atoms with Crippen molar-refractivity contribution in [3.63, 3.8) is 0 Å². The molecule has 0 saturated carbocycles. The average Bonchev–Trinajstić information content (AvgIpc) is 3.34. The fourth-order valence-electron chi connectivity index (χ4n) is 9.07. The normalized spacial score (nSPS) is 12.0. The van der Waals surface area contributed by atoms with Crippen molar-refractivity contribution in [1.82, 2.24) is 0 Å². The van der Waals surface area contributed by atoms with E-state index in [2.05, 4.69) is 0 Å². The van der Waals surface area contributed by atoms with Crippen LogP contribution in [0.3, 0.4) is 0 Å². The zero-order valence-electron chi connectivity index (χ0n) is 34.7. The molecule has 2 N–H and O–H groups in total. The number of rotatable bonds is 6. The summed E-state index contributed by atoms with van der Waals surface area (Å²) < 4.78 is 366. The maximum absolute atomic E-state index is 17.3. The lowest BCUT2D eigenvalue weighted by Gasteiger charge is -2.47. The molecule has 0 spiro atoms. The number of nitrogens with two attached hydrogens (primary N) is 1. The summed E-state index contributed by atoms with van der Waals surface area (Å²) in [6.07, 6.45) is -6.29. The van der Waals surface area contributed by atoms with Gasteiger partial charge in [-0.2, -0.15) is 13.2 Å². The quantitative estimate of drug-likeness (QED) is 0.0562.